The van der Waals surface area contributed by atoms with Crippen molar-refractivity contribution in [2.75, 3.05) is 0 Å². The fourth-order valence-corrected chi connectivity index (χ4v) is 2.44. The molecule has 0 N–H and O–H groups in total. The number of hydrogen-bond acceptors (Lipinski definition) is 0. The van der Waals surface area contributed by atoms with Gasteiger partial charge in [-0.25, -0.2) is 0 Å². The van der Waals surface area contributed by atoms with E-state index in [1.54, 1.807) is 0 Å². The summed E-state index contributed by atoms with van der Waals surface area (Å²) < 4.78 is 0. The molecular weight excluding hydrogens is 240 g/mol. The lowest BCUT2D eigenvalue weighted by atomic mass is 10.0. The molecule has 2 aromatic carbocycles. The van der Waals surface area contributed by atoms with Gasteiger partial charge >= 0.3 is 0 Å². The quantitative estimate of drug-likeness (QED) is 0.628. The minimum atomic E-state index is 0.653. The van der Waals surface area contributed by atoms with Crippen molar-refractivity contribution in [3.8, 4) is 0 Å². The van der Waals surface area contributed by atoms with Gasteiger partial charge in [0.15, 0.2) is 0 Å². The molecule has 108 valence electrons. The van der Waals surface area contributed by atoms with Gasteiger partial charge in [0.2, 0.25) is 0 Å². The van der Waals surface area contributed by atoms with Crippen LogP contribution in [0.3, 0.4) is 0 Å². The molecular formula is C20H28. The van der Waals surface area contributed by atoms with Crippen LogP contribution in [0.2, 0.25) is 0 Å². The smallest absolute Gasteiger partial charge is 0.0219 e. The average molecular weight is 268 g/mol. The summed E-state index contributed by atoms with van der Waals surface area (Å²) in [7, 11) is 0. The van der Waals surface area contributed by atoms with Crippen LogP contribution in [0.1, 0.15) is 54.5 Å². The van der Waals surface area contributed by atoms with Gasteiger partial charge in [0.1, 0.15) is 0 Å². The van der Waals surface area contributed by atoms with E-state index in [-0.39, 0.29) is 0 Å². The maximum absolute atomic E-state index is 2.24. The summed E-state index contributed by atoms with van der Waals surface area (Å²) in [6, 6.07) is 15.1. The van der Waals surface area contributed by atoms with Gasteiger partial charge in [-0.1, -0.05) is 68.8 Å². The summed E-state index contributed by atoms with van der Waals surface area (Å²) in [4.78, 5) is 0. The Morgan fingerprint density at radius 1 is 0.850 bits per heavy atom. The first-order valence-corrected chi connectivity index (χ1v) is 7.57. The second kappa shape index (κ2) is 7.89. The van der Waals surface area contributed by atoms with E-state index in [9.17, 15) is 0 Å². The molecule has 0 radical (unpaired) electrons. The molecule has 2 rings (SSSR count). The molecule has 0 heteroatoms. The third-order valence-electron chi connectivity index (χ3n) is 3.71. The lowest BCUT2D eigenvalue weighted by Crippen LogP contribution is -1.89. The van der Waals surface area contributed by atoms with Crippen molar-refractivity contribution in [1.29, 1.82) is 0 Å². The van der Waals surface area contributed by atoms with Gasteiger partial charge in [0.05, 0.1) is 0 Å². The molecule has 0 saturated heterocycles. The summed E-state index contributed by atoms with van der Waals surface area (Å²) in [5.41, 5.74) is 7.12. The van der Waals surface area contributed by atoms with Crippen molar-refractivity contribution < 1.29 is 0 Å². The molecule has 0 heterocycles. The van der Waals surface area contributed by atoms with Crippen molar-refractivity contribution >= 4 is 0 Å². The molecule has 0 spiro atoms. The molecule has 0 bridgehead atoms. The SMILES string of the molecule is CCc1c(C)cccc1C.Cc1cccc(C(C)C)c1. The minimum Gasteiger partial charge on any atom is -0.0617 e. The molecule has 0 amide bonds. The van der Waals surface area contributed by atoms with Crippen molar-refractivity contribution in [1.82, 2.24) is 0 Å². The Balaban J connectivity index is 0.000000200. The van der Waals surface area contributed by atoms with Gasteiger partial charge in [-0.3, -0.25) is 0 Å². The van der Waals surface area contributed by atoms with Crippen LogP contribution in [0.15, 0.2) is 42.5 Å². The zero-order valence-corrected chi connectivity index (χ0v) is 13.8. The molecule has 2 aromatic rings. The predicted octanol–water partition coefficient (Wildman–Crippen LogP) is 5.98. The lowest BCUT2D eigenvalue weighted by Gasteiger charge is -2.04. The molecule has 0 fully saturated rings. The third-order valence-corrected chi connectivity index (χ3v) is 3.71. The Labute approximate surface area is 124 Å². The van der Waals surface area contributed by atoms with Crippen molar-refractivity contribution in [3.05, 3.63) is 70.3 Å². The van der Waals surface area contributed by atoms with Gasteiger partial charge in [0, 0.05) is 0 Å². The summed E-state index contributed by atoms with van der Waals surface area (Å²) >= 11 is 0. The minimum absolute atomic E-state index is 0.653. The molecule has 0 atom stereocenters. The fraction of sp³-hybridized carbons (Fsp3) is 0.400. The number of hydrogen-bond donors (Lipinski definition) is 0. The van der Waals surface area contributed by atoms with E-state index in [2.05, 4.69) is 84.0 Å². The van der Waals surface area contributed by atoms with Crippen LogP contribution in [-0.2, 0) is 6.42 Å². The first-order valence-electron chi connectivity index (χ1n) is 7.57. The second-order valence-electron chi connectivity index (χ2n) is 5.79. The molecule has 0 aromatic heterocycles. The fourth-order valence-electron chi connectivity index (χ4n) is 2.44. The van der Waals surface area contributed by atoms with Crippen molar-refractivity contribution in [3.63, 3.8) is 0 Å². The van der Waals surface area contributed by atoms with E-state index in [0.29, 0.717) is 5.92 Å². The topological polar surface area (TPSA) is 0 Å². The molecule has 20 heavy (non-hydrogen) atoms. The van der Waals surface area contributed by atoms with Crippen LogP contribution in [0, 0.1) is 20.8 Å². The van der Waals surface area contributed by atoms with Crippen LogP contribution in [0.5, 0.6) is 0 Å². The zero-order chi connectivity index (χ0) is 15.1. The van der Waals surface area contributed by atoms with E-state index in [1.165, 1.54) is 27.8 Å². The van der Waals surface area contributed by atoms with E-state index < -0.39 is 0 Å². The standard InChI is InChI=1S/2C10H14/c1-8(2)10-6-4-5-9(3)7-10;1-4-10-8(2)6-5-7-9(10)3/h4-8H,1-3H3;5-7H,4H2,1-3H3. The van der Waals surface area contributed by atoms with Gasteiger partial charge in [-0.2, -0.15) is 0 Å². The molecule has 0 saturated carbocycles. The predicted molar refractivity (Wildman–Crippen MR) is 90.6 cm³/mol. The third kappa shape index (κ3) is 4.85. The summed E-state index contributed by atoms with van der Waals surface area (Å²) in [5.74, 6) is 0.653. The highest BCUT2D eigenvalue weighted by atomic mass is 14.0. The van der Waals surface area contributed by atoms with Crippen LogP contribution in [0.25, 0.3) is 0 Å². The molecule has 0 nitrogen and oxygen atoms in total. The Morgan fingerprint density at radius 2 is 1.40 bits per heavy atom. The zero-order valence-electron chi connectivity index (χ0n) is 13.8. The molecule has 0 aliphatic rings. The summed E-state index contributed by atoms with van der Waals surface area (Å²) in [6.45, 7) is 13.1. The van der Waals surface area contributed by atoms with E-state index in [0.717, 1.165) is 6.42 Å². The number of aryl methyl sites for hydroxylation is 3. The largest absolute Gasteiger partial charge is 0.0617 e. The van der Waals surface area contributed by atoms with Gasteiger partial charge in [-0.15, -0.1) is 0 Å². The molecule has 0 aliphatic carbocycles. The van der Waals surface area contributed by atoms with E-state index in [4.69, 9.17) is 0 Å². The van der Waals surface area contributed by atoms with Crippen LogP contribution in [-0.4, -0.2) is 0 Å². The highest BCUT2D eigenvalue weighted by Crippen LogP contribution is 2.14. The highest BCUT2D eigenvalue weighted by Gasteiger charge is 1.97. The van der Waals surface area contributed by atoms with Crippen molar-refractivity contribution in [2.45, 2.75) is 53.9 Å². The first kappa shape index (κ1) is 16.5. The lowest BCUT2D eigenvalue weighted by molar-refractivity contribution is 0.865. The normalized spacial score (nSPS) is 10.2. The maximum atomic E-state index is 2.24. The Hall–Kier alpha value is -1.56. The van der Waals surface area contributed by atoms with Crippen LogP contribution >= 0.6 is 0 Å². The first-order chi connectivity index (χ1) is 9.45. The van der Waals surface area contributed by atoms with E-state index >= 15 is 0 Å². The van der Waals surface area contributed by atoms with Gasteiger partial charge < -0.3 is 0 Å². The highest BCUT2D eigenvalue weighted by molar-refractivity contribution is 5.33. The van der Waals surface area contributed by atoms with E-state index in [1.807, 2.05) is 0 Å². The molecule has 0 unspecified atom stereocenters. The summed E-state index contributed by atoms with van der Waals surface area (Å²) in [5, 5.41) is 0. The maximum Gasteiger partial charge on any atom is -0.0219 e. The van der Waals surface area contributed by atoms with Crippen molar-refractivity contribution in [2.24, 2.45) is 0 Å². The Bertz CT molecular complexity index is 515. The summed E-state index contributed by atoms with van der Waals surface area (Å²) in [6.07, 6.45) is 1.15. The molecule has 0 aliphatic heterocycles. The van der Waals surface area contributed by atoms with Crippen LogP contribution in [0.4, 0.5) is 0 Å². The average Bonchev–Trinajstić information content (AvgIpc) is 2.39. The van der Waals surface area contributed by atoms with Crippen LogP contribution < -0.4 is 0 Å². The Kier molecular flexibility index (Phi) is 6.51. The van der Waals surface area contributed by atoms with Gasteiger partial charge in [0.25, 0.3) is 0 Å². The monoisotopic (exact) mass is 268 g/mol. The number of rotatable bonds is 2. The number of benzene rings is 2. The Morgan fingerprint density at radius 3 is 1.75 bits per heavy atom. The second-order valence-corrected chi connectivity index (χ2v) is 5.79. The van der Waals surface area contributed by atoms with Gasteiger partial charge in [-0.05, 0) is 55.4 Å².